The van der Waals surface area contributed by atoms with E-state index >= 15 is 0 Å². The van der Waals surface area contributed by atoms with Gasteiger partial charge in [-0.1, -0.05) is 20.8 Å². The average Bonchev–Trinajstić information content (AvgIpc) is 2.40. The van der Waals surface area contributed by atoms with E-state index in [9.17, 15) is 0 Å². The number of hydrogen-bond donors (Lipinski definition) is 0. The fourth-order valence-electron chi connectivity index (χ4n) is 1.06. The van der Waals surface area contributed by atoms with E-state index in [2.05, 4.69) is 9.97 Å². The Morgan fingerprint density at radius 2 is 1.77 bits per heavy atom. The number of aryl methyl sites for hydroxylation is 1. The predicted octanol–water partition coefficient (Wildman–Crippen LogP) is 2.42. The Balaban J connectivity index is 2.57. The van der Waals surface area contributed by atoms with E-state index in [-0.39, 0.29) is 5.41 Å². The lowest BCUT2D eigenvalue weighted by atomic mass is 9.97. The summed E-state index contributed by atoms with van der Waals surface area (Å²) in [6, 6.07) is 0. The third-order valence-electron chi connectivity index (χ3n) is 1.72. The molecule has 0 radical (unpaired) electrons. The van der Waals surface area contributed by atoms with Crippen LogP contribution in [0.5, 0.6) is 0 Å². The van der Waals surface area contributed by atoms with Crippen LogP contribution in [0.25, 0.3) is 11.4 Å². The first-order valence-corrected chi connectivity index (χ1v) is 4.21. The molecule has 0 aliphatic carbocycles. The van der Waals surface area contributed by atoms with E-state index in [4.69, 9.17) is 8.83 Å². The van der Waals surface area contributed by atoms with Crippen LogP contribution in [0.15, 0.2) is 8.83 Å². The van der Waals surface area contributed by atoms with Gasteiger partial charge in [0.05, 0.1) is 0 Å². The standard InChI is InChI=1S/C9H12N2O2/c1-5-10-6-7(12-5)13-8(11-6)9(2,3)4/h1-4H3. The Kier molecular flexibility index (Phi) is 1.49. The predicted molar refractivity (Wildman–Crippen MR) is 47.5 cm³/mol. The highest BCUT2D eigenvalue weighted by molar-refractivity contribution is 5.60. The topological polar surface area (TPSA) is 52.1 Å². The summed E-state index contributed by atoms with van der Waals surface area (Å²) in [6.07, 6.45) is 0. The third-order valence-corrected chi connectivity index (χ3v) is 1.72. The highest BCUT2D eigenvalue weighted by atomic mass is 16.5. The summed E-state index contributed by atoms with van der Waals surface area (Å²) in [4.78, 5) is 8.31. The maximum Gasteiger partial charge on any atom is 0.339 e. The van der Waals surface area contributed by atoms with Crippen molar-refractivity contribution in [1.29, 1.82) is 0 Å². The molecule has 0 bridgehead atoms. The summed E-state index contributed by atoms with van der Waals surface area (Å²) in [6.45, 7) is 7.87. The molecule has 0 aliphatic rings. The lowest BCUT2D eigenvalue weighted by Crippen LogP contribution is -2.11. The van der Waals surface area contributed by atoms with Gasteiger partial charge in [0.2, 0.25) is 11.5 Å². The molecule has 0 saturated carbocycles. The van der Waals surface area contributed by atoms with Crippen molar-refractivity contribution in [2.45, 2.75) is 33.1 Å². The van der Waals surface area contributed by atoms with Crippen LogP contribution in [0.3, 0.4) is 0 Å². The Bertz CT molecular complexity index is 402. The molecule has 0 unspecified atom stereocenters. The maximum atomic E-state index is 5.41. The van der Waals surface area contributed by atoms with Crippen molar-refractivity contribution < 1.29 is 8.83 Å². The average molecular weight is 180 g/mol. The van der Waals surface area contributed by atoms with Gasteiger partial charge in [0.25, 0.3) is 0 Å². The first-order chi connectivity index (χ1) is 5.97. The summed E-state index contributed by atoms with van der Waals surface area (Å²) < 4.78 is 10.6. The second-order valence-corrected chi connectivity index (χ2v) is 4.11. The first-order valence-electron chi connectivity index (χ1n) is 4.21. The molecule has 0 aromatic carbocycles. The van der Waals surface area contributed by atoms with Gasteiger partial charge in [-0.25, -0.2) is 0 Å². The van der Waals surface area contributed by atoms with Crippen molar-refractivity contribution in [3.63, 3.8) is 0 Å². The molecule has 0 spiro atoms. The van der Waals surface area contributed by atoms with Gasteiger partial charge in [0.15, 0.2) is 5.89 Å². The van der Waals surface area contributed by atoms with Gasteiger partial charge in [0.1, 0.15) is 0 Å². The van der Waals surface area contributed by atoms with Crippen LogP contribution in [0.1, 0.15) is 32.6 Å². The van der Waals surface area contributed by atoms with Crippen LogP contribution >= 0.6 is 0 Å². The van der Waals surface area contributed by atoms with E-state index < -0.39 is 0 Å². The van der Waals surface area contributed by atoms with Gasteiger partial charge >= 0.3 is 5.78 Å². The number of oxazole rings is 2. The van der Waals surface area contributed by atoms with Crippen LogP contribution in [0.2, 0.25) is 0 Å². The van der Waals surface area contributed by atoms with E-state index in [0.29, 0.717) is 23.2 Å². The van der Waals surface area contributed by atoms with Crippen LogP contribution in [0.4, 0.5) is 0 Å². The summed E-state index contributed by atoms with van der Waals surface area (Å²) >= 11 is 0. The molecular formula is C9H12N2O2. The second-order valence-electron chi connectivity index (χ2n) is 4.11. The normalized spacial score (nSPS) is 12.6. The number of fused-ring (bicyclic) bond motifs is 1. The number of aromatic nitrogens is 2. The highest BCUT2D eigenvalue weighted by Crippen LogP contribution is 2.25. The minimum absolute atomic E-state index is 0.100. The quantitative estimate of drug-likeness (QED) is 0.624. The van der Waals surface area contributed by atoms with Crippen molar-refractivity contribution in [1.82, 2.24) is 9.97 Å². The minimum Gasteiger partial charge on any atom is -0.408 e. The van der Waals surface area contributed by atoms with E-state index in [1.807, 2.05) is 20.8 Å². The Morgan fingerprint density at radius 3 is 2.31 bits per heavy atom. The SMILES string of the molecule is Cc1nc2nc(C(C)(C)C)oc2o1. The molecule has 0 fully saturated rings. The van der Waals surface area contributed by atoms with Crippen molar-refractivity contribution in [2.24, 2.45) is 0 Å². The smallest absolute Gasteiger partial charge is 0.339 e. The van der Waals surface area contributed by atoms with E-state index in [1.54, 1.807) is 6.92 Å². The Morgan fingerprint density at radius 1 is 1.08 bits per heavy atom. The third kappa shape index (κ3) is 1.32. The molecular weight excluding hydrogens is 168 g/mol. The molecule has 0 saturated heterocycles. The van der Waals surface area contributed by atoms with Gasteiger partial charge < -0.3 is 8.83 Å². The lowest BCUT2D eigenvalue weighted by Gasteiger charge is -2.11. The number of rotatable bonds is 0. The first kappa shape index (κ1) is 8.29. The minimum atomic E-state index is -0.100. The Hall–Kier alpha value is -1.32. The molecule has 2 aromatic heterocycles. The summed E-state index contributed by atoms with van der Waals surface area (Å²) in [5.74, 6) is 1.66. The highest BCUT2D eigenvalue weighted by Gasteiger charge is 2.23. The molecule has 4 nitrogen and oxygen atoms in total. The zero-order valence-corrected chi connectivity index (χ0v) is 8.21. The molecule has 2 heterocycles. The molecule has 2 rings (SSSR count). The number of nitrogens with zero attached hydrogens (tertiary/aromatic N) is 2. The van der Waals surface area contributed by atoms with E-state index in [1.165, 1.54) is 0 Å². The second kappa shape index (κ2) is 2.34. The molecule has 2 aromatic rings. The zero-order valence-electron chi connectivity index (χ0n) is 8.21. The summed E-state index contributed by atoms with van der Waals surface area (Å²) in [7, 11) is 0. The molecule has 0 atom stereocenters. The van der Waals surface area contributed by atoms with Crippen molar-refractivity contribution in [3.8, 4) is 0 Å². The van der Waals surface area contributed by atoms with Crippen LogP contribution in [0, 0.1) is 6.92 Å². The van der Waals surface area contributed by atoms with Crippen LogP contribution in [-0.4, -0.2) is 9.97 Å². The molecule has 0 amide bonds. The molecule has 13 heavy (non-hydrogen) atoms. The van der Waals surface area contributed by atoms with E-state index in [0.717, 1.165) is 0 Å². The van der Waals surface area contributed by atoms with Gasteiger partial charge in [-0.3, -0.25) is 0 Å². The zero-order chi connectivity index (χ0) is 9.64. The van der Waals surface area contributed by atoms with Crippen LogP contribution < -0.4 is 0 Å². The van der Waals surface area contributed by atoms with Crippen LogP contribution in [-0.2, 0) is 5.41 Å². The van der Waals surface area contributed by atoms with Crippen molar-refractivity contribution in [2.75, 3.05) is 0 Å². The molecule has 4 heteroatoms. The van der Waals surface area contributed by atoms with Gasteiger partial charge in [-0.15, -0.1) is 0 Å². The fraction of sp³-hybridized carbons (Fsp3) is 0.556. The summed E-state index contributed by atoms with van der Waals surface area (Å²) in [5.41, 5.74) is 0.458. The van der Waals surface area contributed by atoms with Gasteiger partial charge in [-0.05, 0) is 0 Å². The molecule has 0 aliphatic heterocycles. The summed E-state index contributed by atoms with van der Waals surface area (Å²) in [5, 5.41) is 0. The van der Waals surface area contributed by atoms with Crippen molar-refractivity contribution >= 4 is 11.4 Å². The molecule has 0 N–H and O–H groups in total. The van der Waals surface area contributed by atoms with Gasteiger partial charge in [-0.2, -0.15) is 9.97 Å². The molecule has 70 valence electrons. The number of hydrogen-bond acceptors (Lipinski definition) is 4. The Labute approximate surface area is 76.0 Å². The largest absolute Gasteiger partial charge is 0.408 e. The monoisotopic (exact) mass is 180 g/mol. The maximum absolute atomic E-state index is 5.41. The fourth-order valence-corrected chi connectivity index (χ4v) is 1.06. The van der Waals surface area contributed by atoms with Crippen molar-refractivity contribution in [3.05, 3.63) is 11.8 Å². The van der Waals surface area contributed by atoms with Gasteiger partial charge in [0, 0.05) is 12.3 Å². The lowest BCUT2D eigenvalue weighted by molar-refractivity contribution is 0.369.